The third-order valence-corrected chi connectivity index (χ3v) is 4.09. The number of carbonyl (C=O) groups is 4. The van der Waals surface area contributed by atoms with Crippen LogP contribution in [0.2, 0.25) is 0 Å². The molecule has 9 heteroatoms. The van der Waals surface area contributed by atoms with E-state index < -0.39 is 24.2 Å². The highest BCUT2D eigenvalue weighted by atomic mass is 32.2. The number of hydrogen-bond donors (Lipinski definition) is 2. The number of likely N-dealkylation sites (tertiary alicyclic amines) is 1. The molecule has 0 spiro atoms. The summed E-state index contributed by atoms with van der Waals surface area (Å²) in [6.45, 7) is 1.53. The predicted molar refractivity (Wildman–Crippen MR) is 79.5 cm³/mol. The van der Waals surface area contributed by atoms with Gasteiger partial charge in [0.2, 0.25) is 5.91 Å². The van der Waals surface area contributed by atoms with Crippen LogP contribution in [0.4, 0.5) is 4.79 Å². The van der Waals surface area contributed by atoms with Gasteiger partial charge in [-0.3, -0.25) is 9.59 Å². The number of thioether (sulfide) groups is 1. The first-order chi connectivity index (χ1) is 10.3. The highest BCUT2D eigenvalue weighted by molar-refractivity contribution is 8.13. The van der Waals surface area contributed by atoms with Gasteiger partial charge in [0.1, 0.15) is 12.1 Å². The van der Waals surface area contributed by atoms with Gasteiger partial charge in [-0.15, -0.1) is 0 Å². The van der Waals surface area contributed by atoms with Gasteiger partial charge in [0.25, 0.3) is 0 Å². The fraction of sp³-hybridized carbons (Fsp3) is 0.692. The first-order valence-electron chi connectivity index (χ1n) is 6.89. The monoisotopic (exact) mass is 332 g/mol. The van der Waals surface area contributed by atoms with Gasteiger partial charge in [-0.05, 0) is 6.42 Å². The van der Waals surface area contributed by atoms with Crippen molar-refractivity contribution >= 4 is 34.8 Å². The number of carbonyl (C=O) groups excluding carboxylic acids is 3. The fourth-order valence-electron chi connectivity index (χ4n) is 2.19. The van der Waals surface area contributed by atoms with E-state index in [4.69, 9.17) is 4.74 Å². The van der Waals surface area contributed by atoms with Crippen molar-refractivity contribution in [1.29, 1.82) is 0 Å². The summed E-state index contributed by atoms with van der Waals surface area (Å²) in [5.41, 5.74) is 0. The number of ether oxygens (including phenoxy) is 1. The number of nitrogens with one attached hydrogen (secondary N) is 1. The van der Waals surface area contributed by atoms with Gasteiger partial charge in [-0.1, -0.05) is 11.8 Å². The van der Waals surface area contributed by atoms with E-state index in [1.54, 1.807) is 0 Å². The largest absolute Gasteiger partial charge is 0.480 e. The van der Waals surface area contributed by atoms with Crippen molar-refractivity contribution in [1.82, 2.24) is 10.2 Å². The Morgan fingerprint density at radius 2 is 2.05 bits per heavy atom. The van der Waals surface area contributed by atoms with E-state index in [0.29, 0.717) is 12.2 Å². The van der Waals surface area contributed by atoms with Crippen LogP contribution >= 0.6 is 11.8 Å². The summed E-state index contributed by atoms with van der Waals surface area (Å²) in [5.74, 6) is -0.904. The summed E-state index contributed by atoms with van der Waals surface area (Å²) in [7, 11) is 1.40. The van der Waals surface area contributed by atoms with Crippen molar-refractivity contribution in [3.05, 3.63) is 0 Å². The molecule has 1 rings (SSSR count). The van der Waals surface area contributed by atoms with Crippen LogP contribution in [0.25, 0.3) is 0 Å². The van der Waals surface area contributed by atoms with Crippen LogP contribution in [0.5, 0.6) is 0 Å². The van der Waals surface area contributed by atoms with Gasteiger partial charge in [-0.25, -0.2) is 9.59 Å². The SMILES string of the molecule is CNC(=O)OC1C[C@@H](C(=O)O)N(C(=O)CCCSC(C)=O)C1. The summed E-state index contributed by atoms with van der Waals surface area (Å²) >= 11 is 1.13. The quantitative estimate of drug-likeness (QED) is 0.679. The van der Waals surface area contributed by atoms with Crippen molar-refractivity contribution in [2.45, 2.75) is 38.3 Å². The van der Waals surface area contributed by atoms with Crippen LogP contribution in [0.15, 0.2) is 0 Å². The van der Waals surface area contributed by atoms with E-state index >= 15 is 0 Å². The van der Waals surface area contributed by atoms with E-state index in [-0.39, 0.29) is 30.4 Å². The molecule has 2 N–H and O–H groups in total. The van der Waals surface area contributed by atoms with Gasteiger partial charge in [0.15, 0.2) is 5.12 Å². The number of alkyl carbamates (subject to hydrolysis) is 1. The molecule has 22 heavy (non-hydrogen) atoms. The Morgan fingerprint density at radius 1 is 1.36 bits per heavy atom. The lowest BCUT2D eigenvalue weighted by molar-refractivity contribution is -0.148. The fourth-order valence-corrected chi connectivity index (χ4v) is 2.76. The Bertz CT molecular complexity index is 456. The molecule has 0 aromatic heterocycles. The molecular formula is C13H20N2O6S. The highest BCUT2D eigenvalue weighted by Crippen LogP contribution is 2.22. The lowest BCUT2D eigenvalue weighted by atomic mass is 10.2. The standard InChI is InChI=1S/C13H20N2O6S/c1-8(16)22-5-3-4-11(17)15-7-9(21-13(20)14-2)6-10(15)12(18)19/h9-10H,3-7H2,1-2H3,(H,14,20)(H,18,19)/t9?,10-/m0/s1. The van der Waals surface area contributed by atoms with Gasteiger partial charge in [-0.2, -0.15) is 0 Å². The van der Waals surface area contributed by atoms with Crippen LogP contribution in [0.3, 0.4) is 0 Å². The van der Waals surface area contributed by atoms with Crippen molar-refractivity contribution in [3.8, 4) is 0 Å². The number of aliphatic carboxylic acids is 1. The zero-order valence-electron chi connectivity index (χ0n) is 12.5. The first kappa shape index (κ1) is 18.3. The Morgan fingerprint density at radius 3 is 2.59 bits per heavy atom. The molecule has 0 bridgehead atoms. The average molecular weight is 332 g/mol. The molecule has 0 aromatic carbocycles. The molecule has 124 valence electrons. The second kappa shape index (κ2) is 8.62. The number of hydrogen-bond acceptors (Lipinski definition) is 6. The zero-order valence-corrected chi connectivity index (χ0v) is 13.4. The van der Waals surface area contributed by atoms with E-state index in [1.165, 1.54) is 18.9 Å². The van der Waals surface area contributed by atoms with Crippen LogP contribution in [-0.4, -0.2) is 64.6 Å². The Kier molecular flexibility index (Phi) is 7.16. The summed E-state index contributed by atoms with van der Waals surface area (Å²) in [5, 5.41) is 11.5. The molecule has 1 unspecified atom stereocenters. The van der Waals surface area contributed by atoms with Crippen LogP contribution < -0.4 is 5.32 Å². The molecular weight excluding hydrogens is 312 g/mol. The normalized spacial score (nSPS) is 20.5. The number of amides is 2. The van der Waals surface area contributed by atoms with E-state index in [0.717, 1.165) is 11.8 Å². The Balaban J connectivity index is 2.54. The van der Waals surface area contributed by atoms with Crippen LogP contribution in [0, 0.1) is 0 Å². The molecule has 1 heterocycles. The van der Waals surface area contributed by atoms with Gasteiger partial charge >= 0.3 is 12.1 Å². The van der Waals surface area contributed by atoms with Crippen molar-refractivity contribution in [2.24, 2.45) is 0 Å². The molecule has 1 fully saturated rings. The summed E-state index contributed by atoms with van der Waals surface area (Å²) in [4.78, 5) is 46.6. The lowest BCUT2D eigenvalue weighted by Crippen LogP contribution is -2.40. The minimum Gasteiger partial charge on any atom is -0.480 e. The molecule has 0 radical (unpaired) electrons. The van der Waals surface area contributed by atoms with Gasteiger partial charge < -0.3 is 20.1 Å². The Hall–Kier alpha value is -1.77. The molecule has 0 saturated carbocycles. The number of carboxylic acids is 1. The third-order valence-electron chi connectivity index (χ3n) is 3.19. The number of nitrogens with zero attached hydrogens (tertiary/aromatic N) is 1. The minimum absolute atomic E-state index is 0.0175. The van der Waals surface area contributed by atoms with Gasteiger partial charge in [0.05, 0.1) is 6.54 Å². The smallest absolute Gasteiger partial charge is 0.407 e. The summed E-state index contributed by atoms with van der Waals surface area (Å²) in [6.07, 6.45) is -0.543. The van der Waals surface area contributed by atoms with E-state index in [1.807, 2.05) is 0 Å². The molecule has 8 nitrogen and oxygen atoms in total. The van der Waals surface area contributed by atoms with Crippen molar-refractivity contribution < 1.29 is 29.0 Å². The second-order valence-corrected chi connectivity index (χ2v) is 6.13. The zero-order chi connectivity index (χ0) is 16.7. The topological polar surface area (TPSA) is 113 Å². The molecule has 1 aliphatic rings. The Labute approximate surface area is 132 Å². The van der Waals surface area contributed by atoms with Crippen LogP contribution in [-0.2, 0) is 19.1 Å². The molecule has 0 aliphatic carbocycles. The predicted octanol–water partition coefficient (Wildman–Crippen LogP) is 0.456. The maximum Gasteiger partial charge on any atom is 0.407 e. The van der Waals surface area contributed by atoms with E-state index in [2.05, 4.69) is 5.32 Å². The van der Waals surface area contributed by atoms with Gasteiger partial charge in [0, 0.05) is 32.6 Å². The molecule has 0 aromatic rings. The first-order valence-corrected chi connectivity index (χ1v) is 7.87. The van der Waals surface area contributed by atoms with E-state index in [9.17, 15) is 24.3 Å². The molecule has 1 aliphatic heterocycles. The number of rotatable bonds is 6. The van der Waals surface area contributed by atoms with Crippen molar-refractivity contribution in [2.75, 3.05) is 19.3 Å². The number of carboxylic acid groups (broad SMARTS) is 1. The molecule has 2 atom stereocenters. The highest BCUT2D eigenvalue weighted by Gasteiger charge is 2.41. The minimum atomic E-state index is -1.12. The maximum absolute atomic E-state index is 12.1. The third kappa shape index (κ3) is 5.55. The maximum atomic E-state index is 12.1. The lowest BCUT2D eigenvalue weighted by Gasteiger charge is -2.21. The average Bonchev–Trinajstić information content (AvgIpc) is 2.87. The summed E-state index contributed by atoms with van der Waals surface area (Å²) in [6, 6.07) is -0.984. The summed E-state index contributed by atoms with van der Waals surface area (Å²) < 4.78 is 5.02. The molecule has 1 saturated heterocycles. The van der Waals surface area contributed by atoms with Crippen LogP contribution in [0.1, 0.15) is 26.2 Å². The van der Waals surface area contributed by atoms with Crippen molar-refractivity contribution in [3.63, 3.8) is 0 Å². The molecule has 2 amide bonds. The second-order valence-electron chi connectivity index (χ2n) is 4.86.